The molecular weight excluding hydrogens is 416 g/mol. The average Bonchev–Trinajstić information content (AvgIpc) is 3.23. The fourth-order valence-corrected chi connectivity index (χ4v) is 4.19. The van der Waals surface area contributed by atoms with Gasteiger partial charge >= 0.3 is 5.97 Å². The number of benzene rings is 1. The summed E-state index contributed by atoms with van der Waals surface area (Å²) in [6, 6.07) is 8.47. The number of rotatable bonds is 8. The zero-order valence-electron chi connectivity index (χ0n) is 18.0. The lowest BCUT2D eigenvalue weighted by atomic mass is 9.83. The van der Waals surface area contributed by atoms with Crippen molar-refractivity contribution in [3.63, 3.8) is 0 Å². The fraction of sp³-hybridized carbons (Fsp3) is 0.500. The third kappa shape index (κ3) is 5.43. The van der Waals surface area contributed by atoms with Gasteiger partial charge in [-0.1, -0.05) is 30.3 Å². The van der Waals surface area contributed by atoms with Crippen LogP contribution in [0.5, 0.6) is 0 Å². The minimum Gasteiger partial charge on any atom is -0.460 e. The van der Waals surface area contributed by atoms with Gasteiger partial charge in [0.15, 0.2) is 0 Å². The van der Waals surface area contributed by atoms with Crippen LogP contribution in [0.25, 0.3) is 0 Å². The van der Waals surface area contributed by atoms with Crippen LogP contribution in [0.4, 0.5) is 0 Å². The molecular formula is C22H28N4O6. The van der Waals surface area contributed by atoms with Gasteiger partial charge in [0.2, 0.25) is 23.6 Å². The molecule has 0 bridgehead atoms. The summed E-state index contributed by atoms with van der Waals surface area (Å²) in [6.07, 6.45) is 1.82. The van der Waals surface area contributed by atoms with E-state index in [1.807, 2.05) is 30.3 Å². The highest BCUT2D eigenvalue weighted by atomic mass is 16.5. The Morgan fingerprint density at radius 3 is 2.56 bits per heavy atom. The molecule has 2 aliphatic rings. The maximum absolute atomic E-state index is 13.0. The van der Waals surface area contributed by atoms with E-state index in [1.54, 1.807) is 0 Å². The normalized spacial score (nSPS) is 22.0. The van der Waals surface area contributed by atoms with Crippen LogP contribution in [0.2, 0.25) is 0 Å². The van der Waals surface area contributed by atoms with Crippen LogP contribution in [0, 0.1) is 0 Å². The van der Waals surface area contributed by atoms with Gasteiger partial charge in [-0.2, -0.15) is 0 Å². The van der Waals surface area contributed by atoms with E-state index in [9.17, 15) is 24.0 Å². The lowest BCUT2D eigenvalue weighted by Crippen LogP contribution is -2.65. The molecule has 0 unspecified atom stereocenters. The summed E-state index contributed by atoms with van der Waals surface area (Å²) in [5.41, 5.74) is -0.174. The van der Waals surface area contributed by atoms with Crippen molar-refractivity contribution in [2.45, 2.75) is 50.8 Å². The van der Waals surface area contributed by atoms with E-state index >= 15 is 0 Å². The first-order valence-electron chi connectivity index (χ1n) is 10.6. The third-order valence-electron chi connectivity index (χ3n) is 5.79. The monoisotopic (exact) mass is 444 g/mol. The van der Waals surface area contributed by atoms with Gasteiger partial charge in [-0.3, -0.25) is 24.0 Å². The number of carbonyl (C=O) groups is 5. The summed E-state index contributed by atoms with van der Waals surface area (Å²) < 4.78 is 5.18. The molecule has 2 heterocycles. The van der Waals surface area contributed by atoms with E-state index in [-0.39, 0.29) is 37.4 Å². The van der Waals surface area contributed by atoms with Gasteiger partial charge in [0.05, 0.1) is 6.54 Å². The first-order chi connectivity index (χ1) is 15.3. The summed E-state index contributed by atoms with van der Waals surface area (Å²) >= 11 is 0. The quantitative estimate of drug-likeness (QED) is 0.468. The van der Waals surface area contributed by atoms with Crippen molar-refractivity contribution in [1.29, 1.82) is 0 Å². The predicted octanol–water partition coefficient (Wildman–Crippen LogP) is -0.378. The number of fused-ring (bicyclic) bond motifs is 1. The molecule has 4 amide bonds. The van der Waals surface area contributed by atoms with Crippen LogP contribution in [-0.2, 0) is 35.3 Å². The van der Waals surface area contributed by atoms with Crippen LogP contribution < -0.4 is 16.0 Å². The van der Waals surface area contributed by atoms with Crippen molar-refractivity contribution < 1.29 is 28.7 Å². The highest BCUT2D eigenvalue weighted by molar-refractivity contribution is 5.97. The Labute approximate surface area is 186 Å². The van der Waals surface area contributed by atoms with Crippen LogP contribution in [-0.4, -0.2) is 65.7 Å². The maximum Gasteiger partial charge on any atom is 0.325 e. The van der Waals surface area contributed by atoms with E-state index in [1.165, 1.54) is 11.8 Å². The standard InChI is InChI=1S/C22H28N4O6/c1-15(27)23-12-18(28)25-17-8-10-22(9-5-11-26(22)20(17)30)21(31)24-13-19(29)32-14-16-6-3-2-4-7-16/h2-4,6-7,17H,5,8-14H2,1H3,(H,23,27)(H,24,31)(H,25,28)/t17-,22+/m0/s1. The van der Waals surface area contributed by atoms with E-state index in [2.05, 4.69) is 16.0 Å². The van der Waals surface area contributed by atoms with Crippen molar-refractivity contribution >= 4 is 29.6 Å². The highest BCUT2D eigenvalue weighted by Crippen LogP contribution is 2.38. The van der Waals surface area contributed by atoms with E-state index in [4.69, 9.17) is 4.74 Å². The summed E-state index contributed by atoms with van der Waals surface area (Å²) in [5.74, 6) is -2.08. The Kier molecular flexibility index (Phi) is 7.45. The molecule has 0 aromatic heterocycles. The second kappa shape index (κ2) is 10.3. The average molecular weight is 444 g/mol. The first-order valence-corrected chi connectivity index (χ1v) is 10.6. The molecule has 0 radical (unpaired) electrons. The van der Waals surface area contributed by atoms with E-state index in [0.717, 1.165) is 5.56 Å². The molecule has 172 valence electrons. The van der Waals surface area contributed by atoms with Gasteiger partial charge in [0.1, 0.15) is 24.7 Å². The molecule has 3 rings (SSSR count). The Hall–Kier alpha value is -3.43. The molecule has 0 saturated carbocycles. The van der Waals surface area contributed by atoms with Crippen molar-refractivity contribution in [2.24, 2.45) is 0 Å². The molecule has 1 aromatic carbocycles. The largest absolute Gasteiger partial charge is 0.460 e. The molecule has 10 nitrogen and oxygen atoms in total. The topological polar surface area (TPSA) is 134 Å². The van der Waals surface area contributed by atoms with E-state index in [0.29, 0.717) is 32.2 Å². The number of esters is 1. The number of nitrogens with one attached hydrogen (secondary N) is 3. The molecule has 2 saturated heterocycles. The lowest BCUT2D eigenvalue weighted by molar-refractivity contribution is -0.153. The van der Waals surface area contributed by atoms with Gasteiger partial charge in [0.25, 0.3) is 0 Å². The summed E-state index contributed by atoms with van der Waals surface area (Å²) in [5, 5.41) is 7.63. The zero-order valence-corrected chi connectivity index (χ0v) is 18.0. The van der Waals surface area contributed by atoms with E-state index < -0.39 is 23.5 Å². The molecule has 3 N–H and O–H groups in total. The van der Waals surface area contributed by atoms with Crippen LogP contribution >= 0.6 is 0 Å². The Morgan fingerprint density at radius 1 is 1.09 bits per heavy atom. The van der Waals surface area contributed by atoms with Gasteiger partial charge < -0.3 is 25.6 Å². The lowest BCUT2D eigenvalue weighted by Gasteiger charge is -2.43. The van der Waals surface area contributed by atoms with Gasteiger partial charge in [-0.25, -0.2) is 0 Å². The third-order valence-corrected chi connectivity index (χ3v) is 5.79. The van der Waals surface area contributed by atoms with Crippen LogP contribution in [0.1, 0.15) is 38.2 Å². The molecule has 2 fully saturated rings. The second-order valence-electron chi connectivity index (χ2n) is 8.02. The van der Waals surface area contributed by atoms with Crippen LogP contribution in [0.3, 0.4) is 0 Å². The van der Waals surface area contributed by atoms with Crippen LogP contribution in [0.15, 0.2) is 30.3 Å². The van der Waals surface area contributed by atoms with Gasteiger partial charge in [-0.15, -0.1) is 0 Å². The summed E-state index contributed by atoms with van der Waals surface area (Å²) in [4.78, 5) is 62.4. The Morgan fingerprint density at radius 2 is 1.84 bits per heavy atom. The van der Waals surface area contributed by atoms with Crippen molar-refractivity contribution in [3.8, 4) is 0 Å². The number of hydrogen-bond donors (Lipinski definition) is 3. The summed E-state index contributed by atoms with van der Waals surface area (Å²) in [6.45, 7) is 1.32. The minimum atomic E-state index is -1.02. The Bertz CT molecular complexity index is 890. The number of nitrogens with zero attached hydrogens (tertiary/aromatic N) is 1. The minimum absolute atomic E-state index is 0.116. The Balaban J connectivity index is 1.52. The second-order valence-corrected chi connectivity index (χ2v) is 8.02. The van der Waals surface area contributed by atoms with Gasteiger partial charge in [-0.05, 0) is 31.2 Å². The van der Waals surface area contributed by atoms with Gasteiger partial charge in [0, 0.05) is 13.5 Å². The number of ether oxygens (including phenoxy) is 1. The highest BCUT2D eigenvalue weighted by Gasteiger charge is 2.54. The number of hydrogen-bond acceptors (Lipinski definition) is 6. The molecule has 0 aliphatic carbocycles. The molecule has 2 aliphatic heterocycles. The smallest absolute Gasteiger partial charge is 0.325 e. The van der Waals surface area contributed by atoms with Crippen molar-refractivity contribution in [1.82, 2.24) is 20.9 Å². The molecule has 2 atom stereocenters. The number of carbonyl (C=O) groups excluding carboxylic acids is 5. The molecule has 1 aromatic rings. The summed E-state index contributed by atoms with van der Waals surface area (Å²) in [7, 11) is 0. The predicted molar refractivity (Wildman–Crippen MR) is 113 cm³/mol. The van der Waals surface area contributed by atoms with Crippen molar-refractivity contribution in [3.05, 3.63) is 35.9 Å². The zero-order chi connectivity index (χ0) is 23.1. The fourth-order valence-electron chi connectivity index (χ4n) is 4.19. The molecule has 10 heteroatoms. The van der Waals surface area contributed by atoms with Crippen molar-refractivity contribution in [2.75, 3.05) is 19.6 Å². The SMILES string of the molecule is CC(=O)NCC(=O)N[C@H]1CC[C@@]2(C(=O)NCC(=O)OCc3ccccc3)CCCN2C1=O. The molecule has 0 spiro atoms. The number of amides is 4. The number of piperidine rings is 1. The molecule has 32 heavy (non-hydrogen) atoms. The first kappa shape index (κ1) is 23.2. The maximum atomic E-state index is 13.0.